The number of nitrogens with zero attached hydrogens (tertiary/aromatic N) is 5. The first kappa shape index (κ1) is 20.6. The largest absolute Gasteiger partial charge is 0.452 e. The molecule has 0 spiro atoms. The van der Waals surface area contributed by atoms with E-state index >= 15 is 0 Å². The van der Waals surface area contributed by atoms with Gasteiger partial charge in [-0.1, -0.05) is 42.5 Å². The van der Waals surface area contributed by atoms with Crippen LogP contribution in [0.3, 0.4) is 0 Å². The normalized spacial score (nSPS) is 10.3. The summed E-state index contributed by atoms with van der Waals surface area (Å²) >= 11 is 0. The van der Waals surface area contributed by atoms with Crippen molar-refractivity contribution in [3.63, 3.8) is 0 Å². The van der Waals surface area contributed by atoms with Crippen LogP contribution in [-0.4, -0.2) is 56.5 Å². The molecule has 30 heavy (non-hydrogen) atoms. The Balaban J connectivity index is 1.56. The van der Waals surface area contributed by atoms with Crippen molar-refractivity contribution in [2.45, 2.75) is 13.1 Å². The number of likely N-dealkylation sites (N-methyl/N-ethyl adjacent to an activating group) is 1. The number of ether oxygens (including phenoxy) is 1. The number of benzene rings is 2. The van der Waals surface area contributed by atoms with Gasteiger partial charge in [-0.15, -0.1) is 5.10 Å². The van der Waals surface area contributed by atoms with Gasteiger partial charge in [-0.3, -0.25) is 9.59 Å². The van der Waals surface area contributed by atoms with Crippen molar-refractivity contribution in [2.24, 2.45) is 0 Å². The number of carbonyl (C=O) groups excluding carboxylic acids is 3. The van der Waals surface area contributed by atoms with Crippen molar-refractivity contribution in [3.8, 4) is 0 Å². The van der Waals surface area contributed by atoms with Crippen LogP contribution in [0.15, 0.2) is 60.9 Å². The van der Waals surface area contributed by atoms with Crippen molar-refractivity contribution in [1.29, 1.82) is 0 Å². The van der Waals surface area contributed by atoms with E-state index in [4.69, 9.17) is 4.74 Å². The monoisotopic (exact) mass is 408 g/mol. The first-order valence-corrected chi connectivity index (χ1v) is 9.07. The fraction of sp³-hybridized carbons (Fsp3) is 0.200. The van der Waals surface area contributed by atoms with Crippen LogP contribution in [0.1, 0.15) is 15.9 Å². The average molecular weight is 408 g/mol. The van der Waals surface area contributed by atoms with Gasteiger partial charge >= 0.3 is 5.97 Å². The van der Waals surface area contributed by atoms with Gasteiger partial charge in [-0.05, 0) is 28.1 Å². The molecule has 3 aromatic rings. The second-order valence-electron chi connectivity index (χ2n) is 6.41. The molecule has 0 atom stereocenters. The van der Waals surface area contributed by atoms with Crippen molar-refractivity contribution in [1.82, 2.24) is 25.1 Å². The fourth-order valence-electron chi connectivity index (χ4n) is 2.62. The molecule has 0 fully saturated rings. The van der Waals surface area contributed by atoms with Gasteiger partial charge in [0.25, 0.3) is 5.91 Å². The number of carbonyl (C=O) groups is 3. The summed E-state index contributed by atoms with van der Waals surface area (Å²) in [6.45, 7) is -0.116. The first-order chi connectivity index (χ1) is 14.5. The lowest BCUT2D eigenvalue weighted by Crippen LogP contribution is -2.31. The van der Waals surface area contributed by atoms with Gasteiger partial charge in [0, 0.05) is 13.6 Å². The highest BCUT2D eigenvalue weighted by Gasteiger charge is 2.17. The van der Waals surface area contributed by atoms with E-state index < -0.39 is 18.5 Å². The summed E-state index contributed by atoms with van der Waals surface area (Å²) < 4.78 is 6.41. The van der Waals surface area contributed by atoms with E-state index in [2.05, 4.69) is 20.8 Å². The van der Waals surface area contributed by atoms with E-state index in [1.807, 2.05) is 30.3 Å². The summed E-state index contributed by atoms with van der Waals surface area (Å²) in [5.41, 5.74) is 1.38. The molecular weight excluding hydrogens is 388 g/mol. The molecule has 10 heteroatoms. The molecule has 2 amide bonds. The molecule has 1 aromatic heterocycles. The molecule has 0 aliphatic rings. The lowest BCUT2D eigenvalue weighted by molar-refractivity contribution is -0.133. The summed E-state index contributed by atoms with van der Waals surface area (Å²) in [7, 11) is 1.64. The van der Waals surface area contributed by atoms with Gasteiger partial charge in [0.2, 0.25) is 5.91 Å². The molecule has 1 N–H and O–H groups in total. The summed E-state index contributed by atoms with van der Waals surface area (Å²) in [6.07, 6.45) is 1.30. The fourth-order valence-corrected chi connectivity index (χ4v) is 2.62. The third kappa shape index (κ3) is 5.71. The first-order valence-electron chi connectivity index (χ1n) is 9.07. The van der Waals surface area contributed by atoms with Crippen molar-refractivity contribution < 1.29 is 19.1 Å². The molecule has 0 unspecified atom stereocenters. The number of hydrogen-bond donors (Lipinski definition) is 1. The maximum atomic E-state index is 12.5. The molecule has 2 aromatic carbocycles. The maximum absolute atomic E-state index is 12.5. The quantitative estimate of drug-likeness (QED) is 0.555. The van der Waals surface area contributed by atoms with E-state index in [0.29, 0.717) is 6.54 Å². The van der Waals surface area contributed by atoms with Crippen LogP contribution in [0.25, 0.3) is 0 Å². The molecule has 0 aliphatic heterocycles. The highest BCUT2D eigenvalue weighted by atomic mass is 16.5. The van der Waals surface area contributed by atoms with Crippen LogP contribution in [0, 0.1) is 0 Å². The van der Waals surface area contributed by atoms with Crippen molar-refractivity contribution in [3.05, 3.63) is 72.1 Å². The van der Waals surface area contributed by atoms with E-state index in [1.165, 1.54) is 22.0 Å². The zero-order valence-electron chi connectivity index (χ0n) is 16.3. The molecule has 0 radical (unpaired) electrons. The number of esters is 1. The predicted octanol–water partition coefficient (Wildman–Crippen LogP) is 1.13. The Hall–Kier alpha value is -4.08. The molecule has 1 heterocycles. The molecular formula is C20H20N6O4. The standard InChI is InChI=1S/C20H20N6O4/c1-25(11-15-7-3-2-4-8-15)19(28)13-30-20(29)16-9-5-6-10-17(16)22-18(27)12-26-14-21-23-24-26/h2-10,14H,11-13H2,1H3,(H,22,27). The van der Waals surface area contributed by atoms with Gasteiger partial charge in [0.05, 0.1) is 11.3 Å². The number of tetrazole rings is 1. The average Bonchev–Trinajstić information content (AvgIpc) is 3.25. The Morgan fingerprint density at radius 2 is 1.80 bits per heavy atom. The third-order valence-electron chi connectivity index (χ3n) is 4.13. The van der Waals surface area contributed by atoms with Crippen molar-refractivity contribution in [2.75, 3.05) is 19.0 Å². The lowest BCUT2D eigenvalue weighted by Gasteiger charge is -2.17. The number of rotatable bonds is 8. The number of hydrogen-bond acceptors (Lipinski definition) is 7. The zero-order valence-corrected chi connectivity index (χ0v) is 16.3. The summed E-state index contributed by atoms with van der Waals surface area (Å²) in [6, 6.07) is 15.9. The van der Waals surface area contributed by atoms with Crippen LogP contribution < -0.4 is 5.32 Å². The van der Waals surface area contributed by atoms with Gasteiger partial charge < -0.3 is 15.0 Å². The van der Waals surface area contributed by atoms with E-state index in [0.717, 1.165) is 5.56 Å². The SMILES string of the molecule is CN(Cc1ccccc1)C(=O)COC(=O)c1ccccc1NC(=O)Cn1cnnn1. The van der Waals surface area contributed by atoms with Crippen LogP contribution in [0.2, 0.25) is 0 Å². The second kappa shape index (κ2) is 9.92. The van der Waals surface area contributed by atoms with Gasteiger partial charge in [0.1, 0.15) is 12.9 Å². The number of anilines is 1. The van der Waals surface area contributed by atoms with E-state index in [9.17, 15) is 14.4 Å². The van der Waals surface area contributed by atoms with Crippen molar-refractivity contribution >= 4 is 23.5 Å². The Morgan fingerprint density at radius 1 is 1.07 bits per heavy atom. The molecule has 0 aliphatic carbocycles. The minimum absolute atomic E-state index is 0.112. The molecule has 154 valence electrons. The van der Waals surface area contributed by atoms with Crippen LogP contribution in [0.5, 0.6) is 0 Å². The summed E-state index contributed by atoms with van der Waals surface area (Å²) in [4.78, 5) is 38.4. The Bertz CT molecular complexity index is 1010. The Morgan fingerprint density at radius 3 is 2.53 bits per heavy atom. The number of para-hydroxylation sites is 1. The third-order valence-corrected chi connectivity index (χ3v) is 4.13. The Kier molecular flexibility index (Phi) is 6.83. The van der Waals surface area contributed by atoms with Gasteiger partial charge in [-0.2, -0.15) is 0 Å². The molecule has 0 saturated heterocycles. The lowest BCUT2D eigenvalue weighted by atomic mass is 10.2. The number of aromatic nitrogens is 4. The zero-order chi connectivity index (χ0) is 21.3. The smallest absolute Gasteiger partial charge is 0.340 e. The molecule has 3 rings (SSSR count). The minimum atomic E-state index is -0.713. The van der Waals surface area contributed by atoms with E-state index in [1.54, 1.807) is 25.2 Å². The highest BCUT2D eigenvalue weighted by molar-refractivity contribution is 6.01. The number of nitrogens with one attached hydrogen (secondary N) is 1. The second-order valence-corrected chi connectivity index (χ2v) is 6.41. The van der Waals surface area contributed by atoms with Gasteiger partial charge in [0.15, 0.2) is 6.61 Å². The van der Waals surface area contributed by atoms with Gasteiger partial charge in [-0.25, -0.2) is 9.48 Å². The molecule has 0 bridgehead atoms. The van der Waals surface area contributed by atoms with E-state index in [-0.39, 0.29) is 23.7 Å². The molecule has 0 saturated carbocycles. The number of amides is 2. The van der Waals surface area contributed by atoms with Crippen LogP contribution in [-0.2, 0) is 27.4 Å². The van der Waals surface area contributed by atoms with Crippen LogP contribution in [0.4, 0.5) is 5.69 Å². The summed E-state index contributed by atoms with van der Waals surface area (Å²) in [5.74, 6) is -1.47. The summed E-state index contributed by atoms with van der Waals surface area (Å²) in [5, 5.41) is 13.1. The topological polar surface area (TPSA) is 119 Å². The molecule has 10 nitrogen and oxygen atoms in total. The highest BCUT2D eigenvalue weighted by Crippen LogP contribution is 2.16. The minimum Gasteiger partial charge on any atom is -0.452 e. The maximum Gasteiger partial charge on any atom is 0.340 e. The Labute approximate surface area is 172 Å². The predicted molar refractivity (Wildman–Crippen MR) is 106 cm³/mol. The van der Waals surface area contributed by atoms with Crippen LogP contribution >= 0.6 is 0 Å².